The van der Waals surface area contributed by atoms with E-state index in [1.807, 2.05) is 31.2 Å². The fraction of sp³-hybridized carbons (Fsp3) is 0.286. The van der Waals surface area contributed by atoms with Crippen molar-refractivity contribution in [2.45, 2.75) is 26.8 Å². The minimum Gasteiger partial charge on any atom is -0.377 e. The molecule has 19 heavy (non-hydrogen) atoms. The van der Waals surface area contributed by atoms with Gasteiger partial charge in [-0.25, -0.2) is 4.98 Å². The molecular formula is C14H17N3OS. The van der Waals surface area contributed by atoms with E-state index in [1.165, 1.54) is 6.92 Å². The first kappa shape index (κ1) is 13.5. The Morgan fingerprint density at radius 1 is 1.26 bits per heavy atom. The van der Waals surface area contributed by atoms with Gasteiger partial charge in [0.15, 0.2) is 0 Å². The number of aromatic nitrogens is 1. The molecule has 0 radical (unpaired) electrons. The number of carbonyl (C=O) groups is 1. The molecule has 0 saturated carbocycles. The predicted molar refractivity (Wildman–Crippen MR) is 79.6 cm³/mol. The first-order valence-electron chi connectivity index (χ1n) is 6.11. The topological polar surface area (TPSA) is 54.0 Å². The van der Waals surface area contributed by atoms with Crippen molar-refractivity contribution >= 4 is 28.6 Å². The molecule has 0 bridgehead atoms. The van der Waals surface area contributed by atoms with Crippen LogP contribution in [0.5, 0.6) is 0 Å². The summed E-state index contributed by atoms with van der Waals surface area (Å²) < 4.78 is 0. The van der Waals surface area contributed by atoms with Gasteiger partial charge in [-0.15, -0.1) is 11.3 Å². The smallest absolute Gasteiger partial charge is 0.221 e. The highest BCUT2D eigenvalue weighted by Gasteiger charge is 2.08. The standard InChI is InChI=1S/C14H17N3OS/c1-9(14-8-19-11(3)17-14)15-12-4-6-13(7-5-12)16-10(2)18/h4-9,15H,1-3H3,(H,16,18). The largest absolute Gasteiger partial charge is 0.377 e. The summed E-state index contributed by atoms with van der Waals surface area (Å²) in [6.45, 7) is 5.58. The van der Waals surface area contributed by atoms with Crippen LogP contribution in [0.1, 0.15) is 30.6 Å². The van der Waals surface area contributed by atoms with Crippen LogP contribution in [0, 0.1) is 6.92 Å². The van der Waals surface area contributed by atoms with Crippen LogP contribution in [-0.4, -0.2) is 10.9 Å². The minimum absolute atomic E-state index is 0.0629. The van der Waals surface area contributed by atoms with Gasteiger partial charge < -0.3 is 10.6 Å². The van der Waals surface area contributed by atoms with Gasteiger partial charge in [-0.1, -0.05) is 0 Å². The molecule has 2 rings (SSSR count). The second kappa shape index (κ2) is 5.84. The van der Waals surface area contributed by atoms with Crippen molar-refractivity contribution in [3.8, 4) is 0 Å². The Labute approximate surface area is 116 Å². The number of anilines is 2. The molecule has 1 aromatic heterocycles. The van der Waals surface area contributed by atoms with Crippen LogP contribution >= 0.6 is 11.3 Å². The average molecular weight is 275 g/mol. The maximum Gasteiger partial charge on any atom is 0.221 e. The zero-order valence-corrected chi connectivity index (χ0v) is 12.0. The first-order valence-corrected chi connectivity index (χ1v) is 6.99. The number of hydrogen-bond donors (Lipinski definition) is 2. The molecular weight excluding hydrogens is 258 g/mol. The number of benzene rings is 1. The van der Waals surface area contributed by atoms with E-state index in [2.05, 4.69) is 27.9 Å². The summed E-state index contributed by atoms with van der Waals surface area (Å²) in [6, 6.07) is 7.81. The Balaban J connectivity index is 2.01. The van der Waals surface area contributed by atoms with Crippen molar-refractivity contribution in [2.75, 3.05) is 10.6 Å². The maximum atomic E-state index is 10.9. The fourth-order valence-electron chi connectivity index (χ4n) is 1.76. The van der Waals surface area contributed by atoms with Gasteiger partial charge in [-0.3, -0.25) is 4.79 Å². The van der Waals surface area contributed by atoms with Crippen molar-refractivity contribution in [1.29, 1.82) is 0 Å². The molecule has 0 aliphatic rings. The molecule has 0 aliphatic carbocycles. The number of carbonyl (C=O) groups excluding carboxylic acids is 1. The number of rotatable bonds is 4. The van der Waals surface area contributed by atoms with Crippen LogP contribution in [0.15, 0.2) is 29.6 Å². The number of nitrogens with one attached hydrogen (secondary N) is 2. The van der Waals surface area contributed by atoms with Crippen molar-refractivity contribution in [3.05, 3.63) is 40.3 Å². The number of aryl methyl sites for hydroxylation is 1. The molecule has 1 atom stereocenters. The molecule has 0 spiro atoms. The van der Waals surface area contributed by atoms with Crippen molar-refractivity contribution in [2.24, 2.45) is 0 Å². The summed E-state index contributed by atoms with van der Waals surface area (Å²) in [7, 11) is 0. The highest BCUT2D eigenvalue weighted by molar-refractivity contribution is 7.09. The fourth-order valence-corrected chi connectivity index (χ4v) is 2.46. The van der Waals surface area contributed by atoms with Crippen molar-refractivity contribution in [3.63, 3.8) is 0 Å². The van der Waals surface area contributed by atoms with Crippen LogP contribution < -0.4 is 10.6 Å². The normalized spacial score (nSPS) is 11.9. The molecule has 1 aromatic carbocycles. The summed E-state index contributed by atoms with van der Waals surface area (Å²) >= 11 is 1.65. The van der Waals surface area contributed by atoms with Gasteiger partial charge in [-0.2, -0.15) is 0 Å². The van der Waals surface area contributed by atoms with Gasteiger partial charge in [0.25, 0.3) is 0 Å². The number of thiazole rings is 1. The van der Waals surface area contributed by atoms with Gasteiger partial charge >= 0.3 is 0 Å². The molecule has 1 unspecified atom stereocenters. The van der Waals surface area contributed by atoms with E-state index in [4.69, 9.17) is 0 Å². The number of nitrogens with zero attached hydrogens (tertiary/aromatic N) is 1. The Kier molecular flexibility index (Phi) is 4.16. The summed E-state index contributed by atoms with van der Waals surface area (Å²) in [5.74, 6) is -0.0629. The van der Waals surface area contributed by atoms with Crippen LogP contribution in [0.4, 0.5) is 11.4 Å². The minimum atomic E-state index is -0.0629. The molecule has 1 heterocycles. The average Bonchev–Trinajstić information content (AvgIpc) is 2.78. The van der Waals surface area contributed by atoms with Crippen molar-refractivity contribution in [1.82, 2.24) is 4.98 Å². The second-order valence-corrected chi connectivity index (χ2v) is 5.48. The van der Waals surface area contributed by atoms with E-state index in [9.17, 15) is 4.79 Å². The molecule has 4 nitrogen and oxygen atoms in total. The Morgan fingerprint density at radius 3 is 2.42 bits per heavy atom. The molecule has 0 aliphatic heterocycles. The highest BCUT2D eigenvalue weighted by atomic mass is 32.1. The van der Waals surface area contributed by atoms with E-state index in [0.717, 1.165) is 22.1 Å². The summed E-state index contributed by atoms with van der Waals surface area (Å²) in [4.78, 5) is 15.4. The van der Waals surface area contributed by atoms with E-state index in [-0.39, 0.29) is 11.9 Å². The van der Waals surface area contributed by atoms with Gasteiger partial charge in [0.05, 0.1) is 16.7 Å². The van der Waals surface area contributed by atoms with Crippen LogP contribution in [-0.2, 0) is 4.79 Å². The van der Waals surface area contributed by atoms with Gasteiger partial charge in [-0.05, 0) is 38.1 Å². The first-order chi connectivity index (χ1) is 9.04. The lowest BCUT2D eigenvalue weighted by atomic mass is 10.2. The SMILES string of the molecule is CC(=O)Nc1ccc(NC(C)c2csc(C)n2)cc1. The Bertz CT molecular complexity index is 562. The molecule has 0 saturated heterocycles. The van der Waals surface area contributed by atoms with Crippen molar-refractivity contribution < 1.29 is 4.79 Å². The number of hydrogen-bond acceptors (Lipinski definition) is 4. The zero-order valence-electron chi connectivity index (χ0n) is 11.2. The van der Waals surface area contributed by atoms with Gasteiger partial charge in [0, 0.05) is 23.7 Å². The zero-order chi connectivity index (χ0) is 13.8. The lowest BCUT2D eigenvalue weighted by Gasteiger charge is -2.13. The van der Waals surface area contributed by atoms with Crippen LogP contribution in [0.3, 0.4) is 0 Å². The monoisotopic (exact) mass is 275 g/mol. The Hall–Kier alpha value is -1.88. The summed E-state index contributed by atoms with van der Waals surface area (Å²) in [6.07, 6.45) is 0. The van der Waals surface area contributed by atoms with Gasteiger partial charge in [0.2, 0.25) is 5.91 Å². The van der Waals surface area contributed by atoms with Crippen LogP contribution in [0.25, 0.3) is 0 Å². The van der Waals surface area contributed by atoms with E-state index >= 15 is 0 Å². The van der Waals surface area contributed by atoms with E-state index < -0.39 is 0 Å². The molecule has 2 N–H and O–H groups in total. The molecule has 1 amide bonds. The lowest BCUT2D eigenvalue weighted by molar-refractivity contribution is -0.114. The second-order valence-electron chi connectivity index (χ2n) is 4.42. The Morgan fingerprint density at radius 2 is 1.89 bits per heavy atom. The third-order valence-corrected chi connectivity index (χ3v) is 3.46. The highest BCUT2D eigenvalue weighted by Crippen LogP contribution is 2.22. The third-order valence-electron chi connectivity index (χ3n) is 2.67. The lowest BCUT2D eigenvalue weighted by Crippen LogP contribution is -2.08. The van der Waals surface area contributed by atoms with Gasteiger partial charge in [0.1, 0.15) is 0 Å². The maximum absolute atomic E-state index is 10.9. The summed E-state index contributed by atoms with van der Waals surface area (Å²) in [5.41, 5.74) is 2.86. The van der Waals surface area contributed by atoms with E-state index in [0.29, 0.717) is 0 Å². The molecule has 0 fully saturated rings. The molecule has 5 heteroatoms. The molecule has 2 aromatic rings. The van der Waals surface area contributed by atoms with Crippen LogP contribution in [0.2, 0.25) is 0 Å². The predicted octanol–water partition coefficient (Wildman–Crippen LogP) is 3.58. The molecule has 100 valence electrons. The van der Waals surface area contributed by atoms with E-state index in [1.54, 1.807) is 11.3 Å². The number of amides is 1. The quantitative estimate of drug-likeness (QED) is 0.896. The summed E-state index contributed by atoms with van der Waals surface area (Å²) in [5, 5.41) is 9.27. The third kappa shape index (κ3) is 3.79.